The number of rotatable bonds is 21. The molecule has 4 aromatic heterocycles. The molecule has 4 aromatic carbocycles. The van der Waals surface area contributed by atoms with Crippen LogP contribution in [-0.2, 0) is 42.9 Å². The van der Waals surface area contributed by atoms with Crippen molar-refractivity contribution >= 4 is 114 Å². The van der Waals surface area contributed by atoms with Crippen LogP contribution in [0.2, 0.25) is 0 Å². The number of aliphatic imine (C=N–C) groups is 2. The highest BCUT2D eigenvalue weighted by molar-refractivity contribution is 6.07. The fourth-order valence-electron chi connectivity index (χ4n) is 16.1. The van der Waals surface area contributed by atoms with E-state index in [-0.39, 0.29) is 68.3 Å². The lowest BCUT2D eigenvalue weighted by atomic mass is 9.90. The third-order valence-corrected chi connectivity index (χ3v) is 22.4. The SMILES string of the molecule is COC(=O)CC(C(=O)N1CC(F)(F)C[C@H]1C1=NC=C(c2cc3cc4oc(-c5cnc([C@@H]6CC(F)(F)CN6C(=O)[C@@H](NC(=O)OC)C(C)C)[nH]5)cc4cc3o2)C1)C(C)C.COC(=O)NC(C(=O)N1C[C@@H](F)C[C@H]1c1ncc(-c2ccc3cc4cc(C5=CN=C(C6C[C@H](F)CN6C(=O)[C@@H](NC(=O)OC)C(C)C)C5)ccc4cc3c2)[nH]1)C(C)C. The summed E-state index contributed by atoms with van der Waals surface area (Å²) in [6.07, 6.45) is 1.12. The highest BCUT2D eigenvalue weighted by Crippen LogP contribution is 2.45. The Bertz CT molecular complexity index is 5220. The van der Waals surface area contributed by atoms with E-state index in [4.69, 9.17) is 23.0 Å². The molecule has 6 aliphatic rings. The van der Waals surface area contributed by atoms with Gasteiger partial charge in [0, 0.05) is 84.3 Å². The van der Waals surface area contributed by atoms with Crippen LogP contribution in [0.4, 0.5) is 40.7 Å². The standard InChI is InChI=1S/C43H49F2N7O6.C40H44F4N6O8/c1-22(2)37(49-42(55)57-5)40(53)51-20-31(44)16-35(51)33-15-30(18-46-33)26-8-7-24-12-29-14-27(10-9-25(29)11-28(24)13-26)34-19-47-39(48-34)36-17-32(45)21-52(36)41(54)38(23(3)4)50-43(56)58-6;1-19(2)24(12-33(51)55-5)36(52)49-17-39(41,42)13-27(49)25-7-23(15-45-25)31-10-21-8-30-22(9-29(21)57-31)11-32(58-30)26-16-46-35(47-26)28-14-40(43,44)18-50(28)37(53)34(20(3)4)48-38(54)56-6/h7-14,18-19,22-23,31-32,35-38H,15-17,20-21H2,1-6H3,(H,47,48)(H,49,55)(H,50,56);8-11,15-16,19-20,24,27-28,34H,7,12-14,17-18H2,1-6H3,(H,46,47)(H,48,54)/t31-,32-,35?,36-,37-,38?;24?,27-,28-,34-/m00/s1. The number of nitrogens with one attached hydrogen (secondary N) is 5. The van der Waals surface area contributed by atoms with Gasteiger partial charge in [-0.15, -0.1) is 0 Å². The number of alkyl carbamates (subject to hydrolysis) is 3. The fraction of sp³-hybridized carbons (Fsp3) is 0.470. The van der Waals surface area contributed by atoms with Gasteiger partial charge in [-0.2, -0.15) is 0 Å². The lowest BCUT2D eigenvalue weighted by Gasteiger charge is -2.30. The minimum Gasteiger partial charge on any atom is -0.469 e. The second kappa shape index (κ2) is 33.4. The molecule has 0 aliphatic carbocycles. The predicted octanol–water partition coefficient (Wildman–Crippen LogP) is 14.0. The number of ether oxygens (including phenoxy) is 4. The summed E-state index contributed by atoms with van der Waals surface area (Å²) >= 11 is 0. The maximum atomic E-state index is 14.9. The van der Waals surface area contributed by atoms with Crippen molar-refractivity contribution < 1.29 is 92.5 Å². The number of methoxy groups -OCH3 is 4. The summed E-state index contributed by atoms with van der Waals surface area (Å²) in [5, 5.41) is 13.0. The number of nitrogens with zero attached hydrogens (tertiary/aromatic N) is 8. The summed E-state index contributed by atoms with van der Waals surface area (Å²) in [5.74, 6) is -9.50. The highest BCUT2D eigenvalue weighted by atomic mass is 19.3. The topological polar surface area (TPSA) is 331 Å². The summed E-state index contributed by atoms with van der Waals surface area (Å²) in [6.45, 7) is 12.3. The monoisotopic (exact) mass is 1610 g/mol. The number of aromatic amines is 2. The molecular formula is C83H93F6N13O14. The molecule has 3 unspecified atom stereocenters. The van der Waals surface area contributed by atoms with Crippen LogP contribution in [0.3, 0.4) is 0 Å². The van der Waals surface area contributed by atoms with E-state index in [1.807, 2.05) is 32.0 Å². The van der Waals surface area contributed by atoms with E-state index in [1.54, 1.807) is 84.4 Å². The molecule has 6 aliphatic heterocycles. The van der Waals surface area contributed by atoms with Gasteiger partial charge >= 0.3 is 24.2 Å². The molecule has 5 N–H and O–H groups in total. The van der Waals surface area contributed by atoms with E-state index in [1.165, 1.54) is 37.3 Å². The van der Waals surface area contributed by atoms with E-state index in [0.29, 0.717) is 68.4 Å². The molecule has 0 radical (unpaired) electrons. The number of H-pyrrole nitrogens is 2. The zero-order chi connectivity index (χ0) is 83.3. The first kappa shape index (κ1) is 82.4. The van der Waals surface area contributed by atoms with Gasteiger partial charge in [0.15, 0.2) is 5.76 Å². The number of benzene rings is 4. The first-order valence-electron chi connectivity index (χ1n) is 38.5. The number of halogens is 6. The van der Waals surface area contributed by atoms with E-state index in [2.05, 4.69) is 80.9 Å². The molecule has 14 rings (SSSR count). The minimum absolute atomic E-state index is 0.0631. The van der Waals surface area contributed by atoms with Gasteiger partial charge in [-0.1, -0.05) is 79.7 Å². The van der Waals surface area contributed by atoms with Gasteiger partial charge in [0.25, 0.3) is 11.8 Å². The van der Waals surface area contributed by atoms with Crippen LogP contribution in [0.25, 0.3) is 77.3 Å². The van der Waals surface area contributed by atoms with Crippen molar-refractivity contribution in [3.8, 4) is 22.7 Å². The van der Waals surface area contributed by atoms with Crippen molar-refractivity contribution in [3.05, 3.63) is 121 Å². The number of amides is 7. The van der Waals surface area contributed by atoms with E-state index >= 15 is 0 Å². The Morgan fingerprint density at radius 2 is 0.922 bits per heavy atom. The Morgan fingerprint density at radius 1 is 0.483 bits per heavy atom. The van der Waals surface area contributed by atoms with Crippen molar-refractivity contribution in [2.75, 3.05) is 54.6 Å². The normalized spacial score (nSPS) is 21.4. The maximum absolute atomic E-state index is 14.9. The molecular weight excluding hydrogens is 1520 g/mol. The Hall–Kier alpha value is -11.5. The second-order valence-electron chi connectivity index (χ2n) is 31.9. The average Bonchev–Trinajstić information content (AvgIpc) is 1.49. The number of likely N-dealkylation sites (tertiary alicyclic amines) is 4. The number of hydrogen-bond acceptors (Lipinski definition) is 18. The number of aromatic nitrogens is 4. The molecule has 0 bridgehead atoms. The summed E-state index contributed by atoms with van der Waals surface area (Å²) in [5.41, 5.74) is 6.65. The molecule has 8 aromatic rings. The summed E-state index contributed by atoms with van der Waals surface area (Å²) in [6, 6.07) is 17.5. The molecule has 116 heavy (non-hydrogen) atoms. The zero-order valence-electron chi connectivity index (χ0n) is 66.2. The number of allylic oxidation sites excluding steroid dienone is 2. The number of esters is 1. The van der Waals surface area contributed by atoms with Gasteiger partial charge in [-0.05, 0) is 105 Å². The summed E-state index contributed by atoms with van der Waals surface area (Å²) < 4.78 is 120. The van der Waals surface area contributed by atoms with Gasteiger partial charge in [-0.25, -0.2) is 50.7 Å². The lowest BCUT2D eigenvalue weighted by Crippen LogP contribution is -2.53. The Balaban J connectivity index is 0.000000202. The van der Waals surface area contributed by atoms with Gasteiger partial charge in [0.1, 0.15) is 64.7 Å². The van der Waals surface area contributed by atoms with Crippen molar-refractivity contribution in [1.29, 1.82) is 0 Å². The van der Waals surface area contributed by atoms with Crippen LogP contribution < -0.4 is 16.0 Å². The van der Waals surface area contributed by atoms with Crippen molar-refractivity contribution in [2.45, 2.75) is 167 Å². The number of imidazole rings is 2. The highest BCUT2D eigenvalue weighted by Gasteiger charge is 2.53. The molecule has 33 heteroatoms. The van der Waals surface area contributed by atoms with Gasteiger partial charge in [-0.3, -0.25) is 34.0 Å². The first-order valence-corrected chi connectivity index (χ1v) is 38.5. The van der Waals surface area contributed by atoms with Crippen LogP contribution in [0.1, 0.15) is 135 Å². The van der Waals surface area contributed by atoms with Gasteiger partial charge < -0.3 is 73.3 Å². The minimum atomic E-state index is -3.19. The second-order valence-corrected chi connectivity index (χ2v) is 31.9. The third kappa shape index (κ3) is 17.4. The molecule has 4 fully saturated rings. The third-order valence-electron chi connectivity index (χ3n) is 22.4. The average molecular weight is 1610 g/mol. The molecule has 27 nitrogen and oxygen atoms in total. The summed E-state index contributed by atoms with van der Waals surface area (Å²) in [7, 11) is 4.82. The largest absolute Gasteiger partial charge is 0.469 e. The van der Waals surface area contributed by atoms with E-state index in [9.17, 15) is 64.7 Å². The number of carbonyl (C=O) groups is 8. The van der Waals surface area contributed by atoms with Gasteiger partial charge in [0.2, 0.25) is 23.6 Å². The zero-order valence-corrected chi connectivity index (χ0v) is 66.2. The number of carbonyl (C=O) groups excluding carboxylic acids is 8. The molecule has 0 saturated carbocycles. The van der Waals surface area contributed by atoms with Crippen molar-refractivity contribution in [1.82, 2.24) is 55.5 Å². The molecule has 10 atom stereocenters. The number of furan rings is 2. The van der Waals surface area contributed by atoms with E-state index < -0.39 is 146 Å². The first-order chi connectivity index (χ1) is 55.1. The van der Waals surface area contributed by atoms with E-state index in [0.717, 1.165) is 60.8 Å². The predicted molar refractivity (Wildman–Crippen MR) is 418 cm³/mol. The van der Waals surface area contributed by atoms with Gasteiger partial charge in [0.05, 0.1) is 109 Å². The van der Waals surface area contributed by atoms with Crippen LogP contribution in [0.5, 0.6) is 0 Å². The van der Waals surface area contributed by atoms with Crippen LogP contribution >= 0.6 is 0 Å². The van der Waals surface area contributed by atoms with Crippen LogP contribution in [0, 0.1) is 29.6 Å². The smallest absolute Gasteiger partial charge is 0.407 e. The number of hydrogen-bond donors (Lipinski definition) is 5. The molecule has 616 valence electrons. The molecule has 7 amide bonds. The van der Waals surface area contributed by atoms with Crippen LogP contribution in [0.15, 0.2) is 116 Å². The molecule has 0 spiro atoms. The number of alkyl halides is 6. The maximum Gasteiger partial charge on any atom is 0.407 e. The molecule has 10 heterocycles. The Kier molecular flexibility index (Phi) is 23.7. The van der Waals surface area contributed by atoms with Crippen molar-refractivity contribution in [3.63, 3.8) is 0 Å². The quantitative estimate of drug-likeness (QED) is 0.0193. The number of fused-ring (bicyclic) bond motifs is 4. The van der Waals surface area contributed by atoms with Crippen LogP contribution in [-0.4, -0.2) is 208 Å². The lowest BCUT2D eigenvalue weighted by molar-refractivity contribution is -0.148. The summed E-state index contributed by atoms with van der Waals surface area (Å²) in [4.78, 5) is 132. The van der Waals surface area contributed by atoms with Crippen molar-refractivity contribution in [2.24, 2.45) is 39.6 Å². The Morgan fingerprint density at radius 3 is 1.46 bits per heavy atom. The Labute approximate surface area is 663 Å². The molecule has 4 saturated heterocycles. The fourth-order valence-corrected chi connectivity index (χ4v) is 16.1.